The van der Waals surface area contributed by atoms with Crippen LogP contribution in [0.3, 0.4) is 0 Å². The van der Waals surface area contributed by atoms with Crippen molar-refractivity contribution in [3.8, 4) is 0 Å². The van der Waals surface area contributed by atoms with Gasteiger partial charge in [0.2, 0.25) is 0 Å². The molecule has 108 nitrogen and oxygen atoms in total. The Morgan fingerprint density at radius 1 is 0.0956 bits per heavy atom. The molecule has 0 aromatic rings. The Bertz CT molecular complexity index is 2050. The first kappa shape index (κ1) is 198. The molecular weight excluding hydrogens is 2020 g/mol. The van der Waals surface area contributed by atoms with Crippen molar-refractivity contribution in [3.05, 3.63) is 0 Å². The minimum absolute atomic E-state index is 0. The molecule has 810 valence electrons. The van der Waals surface area contributed by atoms with Crippen LogP contribution in [0.25, 0.3) is 0 Å². The molecule has 0 aliphatic carbocycles. The molecule has 27 amide bonds. The Kier molecular flexibility index (Phi) is 282. The van der Waals surface area contributed by atoms with Crippen molar-refractivity contribution >= 4 is 165 Å². The first-order chi connectivity index (χ1) is 61.3. The molecule has 0 rings (SSSR count). The fourth-order valence-corrected chi connectivity index (χ4v) is 0. The molecule has 0 aliphatic heterocycles. The second-order valence-corrected chi connectivity index (χ2v) is 11.2. The zero-order valence-corrected chi connectivity index (χ0v) is 65.1. The molecule has 0 aromatic heterocycles. The van der Waals surface area contributed by atoms with E-state index < -0.39 is 165 Å². The van der Waals surface area contributed by atoms with Gasteiger partial charge in [-0.3, -0.25) is 146 Å². The third-order valence-electron chi connectivity index (χ3n) is 2.58. The van der Waals surface area contributed by atoms with Crippen molar-refractivity contribution in [3.63, 3.8) is 0 Å². The maximum Gasteiger partial charge on any atom is 1.00 e. The molecule has 136 heavy (non-hydrogen) atoms. The van der Waals surface area contributed by atoms with Crippen LogP contribution in [0.2, 0.25) is 0 Å². The van der Waals surface area contributed by atoms with E-state index in [0.29, 0.717) is 0 Å². The number of rotatable bonds is 0. The van der Waals surface area contributed by atoms with Crippen LogP contribution in [-0.4, -0.2) is 438 Å². The van der Waals surface area contributed by atoms with E-state index in [9.17, 15) is 0 Å². The summed E-state index contributed by atoms with van der Waals surface area (Å²) >= 11 is 0. The molecular formula is C27H80N27NaO81. The summed E-state index contributed by atoms with van der Waals surface area (Å²) < 4.78 is 0. The van der Waals surface area contributed by atoms with Crippen LogP contribution in [0.15, 0.2) is 0 Å². The van der Waals surface area contributed by atoms with Crippen molar-refractivity contribution in [2.45, 2.75) is 0 Å². The monoisotopic (exact) mass is 2100 g/mol. The Labute approximate surface area is 749 Å². The predicted octanol–water partition coefficient (Wildman–Crippen LogP) is -14.0. The van der Waals surface area contributed by atoms with E-state index in [1.165, 1.54) is 0 Å². The topological polar surface area (TPSA) is 1880 Å². The fraction of sp³-hybridized carbons (Fsp3) is 0. The van der Waals surface area contributed by atoms with Gasteiger partial charge >= 0.3 is 188 Å². The third-order valence-corrected chi connectivity index (χ3v) is 2.58. The number of nitrogens with one attached hydrogen (secondary N) is 27. The number of carbonyl (C=O) groups is 27. The van der Waals surface area contributed by atoms with Crippen LogP contribution in [0.1, 0.15) is 0 Å². The summed E-state index contributed by atoms with van der Waals surface area (Å²) in [7, 11) is 0. The Hall–Kier alpha value is -19.8. The van der Waals surface area contributed by atoms with Crippen LogP contribution >= 0.6 is 0 Å². The summed E-state index contributed by atoms with van der Waals surface area (Å²) in [5.74, 6) is 0. The predicted molar refractivity (Wildman–Crippen MR) is 347 cm³/mol. The smallest absolute Gasteiger partial charge is 0.529 e. The first-order valence-corrected chi connectivity index (χ1v) is 24.3. The molecule has 0 aromatic carbocycles. The molecule has 0 atom stereocenters. The molecule has 0 bridgehead atoms. The maximum absolute atomic E-state index is 9.01. The Morgan fingerprint density at radius 3 is 0.110 bits per heavy atom. The molecule has 0 radical (unpaired) electrons. The molecule has 109 heteroatoms. The van der Waals surface area contributed by atoms with Crippen LogP contribution in [0.4, 0.5) is 129 Å². The average molecular weight is 2100 g/mol. The van der Waals surface area contributed by atoms with Gasteiger partial charge in [-0.2, -0.15) is 0 Å². The fourth-order valence-electron chi connectivity index (χ4n) is 0. The zero-order chi connectivity index (χ0) is 116. The van der Waals surface area contributed by atoms with Gasteiger partial charge < -0.3 is 143 Å². The maximum atomic E-state index is 9.01. The van der Waals surface area contributed by atoms with Crippen LogP contribution < -0.4 is 183 Å². The number of hydrogen-bond acceptors (Lipinski definition) is 55. The van der Waals surface area contributed by atoms with Crippen LogP contribution in [0, 0.1) is 0 Å². The second-order valence-electron chi connectivity index (χ2n) is 11.2. The molecule has 0 unspecified atom stereocenters. The third kappa shape index (κ3) is 1250. The van der Waals surface area contributed by atoms with Gasteiger partial charge in [-0.1, -0.05) is 0 Å². The number of hydroxylamine groups is 27. The quantitative estimate of drug-likeness (QED) is 0.0608. The van der Waals surface area contributed by atoms with Crippen molar-refractivity contribution in [1.29, 1.82) is 0 Å². The molecule has 80 N–H and O–H groups in total. The average Bonchev–Trinajstić information content (AvgIpc) is 3.78. The van der Waals surface area contributed by atoms with Crippen LogP contribution in [-0.2, 0) is 0 Å². The van der Waals surface area contributed by atoms with E-state index in [0.717, 1.165) is 148 Å². The summed E-state index contributed by atoms with van der Waals surface area (Å²) in [6.45, 7) is 0. The summed E-state index contributed by atoms with van der Waals surface area (Å²) in [5.41, 5.74) is 25.4. The normalized spacial score (nSPS) is 6.55. The Morgan fingerprint density at radius 2 is 0.110 bits per heavy atom. The minimum atomic E-state index is -1.69. The molecule has 0 fully saturated rings. The van der Waals surface area contributed by atoms with Crippen LogP contribution in [0.5, 0.6) is 0 Å². The van der Waals surface area contributed by atoms with E-state index >= 15 is 0 Å². The SMILES string of the molecule is O=C(O)NO.O=C(O)NO.O=C(O)NO.O=C(O)NO.O=C(O)NO.O=C(O)NO.O=C(O)NO.O=C(O)NO.O=C(O)NO.O=C(O)NO.O=C(O)NO.O=C(O)NO.O=C(O)NO.O=C(O)NO.O=C(O)NO.O=C(O)NO.O=C(O)NO.O=C(O)NO.O=C(O)NO.O=C(O)NO.O=C(O)NO.O=C(O)NO.O=C(O)NO.O=C(O)NO.O=C(O)NO.O=C(O)NO.O=C([O-])NO.[Na+]. The van der Waals surface area contributed by atoms with E-state index in [-0.39, 0.29) is 29.6 Å². The van der Waals surface area contributed by atoms with E-state index in [1.54, 1.807) is 0 Å². The van der Waals surface area contributed by atoms with Crippen molar-refractivity contribution in [2.75, 3.05) is 0 Å². The summed E-state index contributed by atoms with van der Waals surface area (Å²) in [6, 6.07) is 0. The summed E-state index contributed by atoms with van der Waals surface area (Å²) in [4.78, 5) is 243. The van der Waals surface area contributed by atoms with Gasteiger partial charge in [-0.15, -0.1) is 0 Å². The summed E-state index contributed by atoms with van der Waals surface area (Å²) in [5, 5.41) is 397. The van der Waals surface area contributed by atoms with Gasteiger partial charge in [0.05, 0.1) is 0 Å². The van der Waals surface area contributed by atoms with Gasteiger partial charge in [-0.25, -0.2) is 267 Å². The molecule has 0 heterocycles. The largest absolute Gasteiger partial charge is 1.00 e. The van der Waals surface area contributed by atoms with E-state index in [4.69, 9.17) is 408 Å². The molecule has 0 spiro atoms. The summed E-state index contributed by atoms with van der Waals surface area (Å²) in [6.07, 6.45) is -39.1. The van der Waals surface area contributed by atoms with E-state index in [2.05, 4.69) is 0 Å². The zero-order valence-electron chi connectivity index (χ0n) is 63.1. The number of amides is 27. The minimum Gasteiger partial charge on any atom is -0.529 e. The van der Waals surface area contributed by atoms with Gasteiger partial charge in [0.1, 0.15) is 0 Å². The first-order valence-electron chi connectivity index (χ1n) is 24.3. The van der Waals surface area contributed by atoms with Crippen molar-refractivity contribution in [2.24, 2.45) is 0 Å². The Balaban J connectivity index is -0.0000000342. The molecule has 0 saturated carbocycles. The van der Waals surface area contributed by atoms with Gasteiger partial charge in [-0.05, 0) is 0 Å². The molecule has 0 saturated heterocycles. The number of hydrogen-bond donors (Lipinski definition) is 80. The van der Waals surface area contributed by atoms with E-state index in [1.807, 2.05) is 0 Å². The van der Waals surface area contributed by atoms with Gasteiger partial charge in [0, 0.05) is 0 Å². The number of carboxylic acid groups (broad SMARTS) is 27. The van der Waals surface area contributed by atoms with Crippen molar-refractivity contribution in [1.82, 2.24) is 148 Å². The van der Waals surface area contributed by atoms with Gasteiger partial charge in [0.15, 0.2) is 6.09 Å². The second kappa shape index (κ2) is 193. The number of carbonyl (C=O) groups excluding carboxylic acids is 1. The standard InChI is InChI=1S/27CH3NO3.Na/c27*3-1(4)2-5;/h27*2,5H,(H,3,4);/q;;;;;;;;;;;;;;;;;;;;;;;;;;;+1/p-1. The van der Waals surface area contributed by atoms with Gasteiger partial charge in [0.25, 0.3) is 0 Å². The molecule has 0 aliphatic rings. The van der Waals surface area contributed by atoms with Crippen molar-refractivity contribution < 1.29 is 437 Å².